The second kappa shape index (κ2) is 6.93. The molecule has 0 amide bonds. The van der Waals surface area contributed by atoms with E-state index in [9.17, 15) is 14.3 Å². The van der Waals surface area contributed by atoms with Crippen molar-refractivity contribution in [3.05, 3.63) is 58.9 Å². The van der Waals surface area contributed by atoms with Gasteiger partial charge in [0.2, 0.25) is 0 Å². The minimum atomic E-state index is -0.530. The molecule has 116 valence electrons. The van der Waals surface area contributed by atoms with Gasteiger partial charge < -0.3 is 14.6 Å². The van der Waals surface area contributed by atoms with E-state index in [2.05, 4.69) is 0 Å². The van der Waals surface area contributed by atoms with E-state index < -0.39 is 11.8 Å². The second-order valence-electron chi connectivity index (χ2n) is 4.88. The van der Waals surface area contributed by atoms with Crippen molar-refractivity contribution < 1.29 is 23.8 Å². The first-order valence-electron chi connectivity index (χ1n) is 6.76. The van der Waals surface area contributed by atoms with Gasteiger partial charge in [-0.2, -0.15) is 0 Å². The van der Waals surface area contributed by atoms with Gasteiger partial charge in [-0.1, -0.05) is 12.1 Å². The molecular formula is C17H17FO4. The number of carbonyl (C=O) groups excluding carboxylic acids is 1. The molecule has 2 rings (SSSR count). The van der Waals surface area contributed by atoms with Crippen LogP contribution in [0.4, 0.5) is 4.39 Å². The summed E-state index contributed by atoms with van der Waals surface area (Å²) in [6.45, 7) is 1.21. The predicted molar refractivity (Wildman–Crippen MR) is 79.3 cm³/mol. The van der Waals surface area contributed by atoms with E-state index in [1.807, 2.05) is 12.1 Å². The summed E-state index contributed by atoms with van der Waals surface area (Å²) in [5, 5.41) is 9.99. The average Bonchev–Trinajstić information content (AvgIpc) is 2.49. The number of phenolic OH excluding ortho intramolecular Hbond substituents is 1. The number of benzene rings is 2. The number of carbonyl (C=O) groups is 1. The first-order chi connectivity index (χ1) is 10.5. The highest BCUT2D eigenvalue weighted by Gasteiger charge is 2.12. The van der Waals surface area contributed by atoms with Crippen molar-refractivity contribution in [1.82, 2.24) is 0 Å². The van der Waals surface area contributed by atoms with Gasteiger partial charge in [-0.05, 0) is 35.4 Å². The smallest absolute Gasteiger partial charge is 0.302 e. The highest BCUT2D eigenvalue weighted by atomic mass is 19.1. The Balaban J connectivity index is 2.18. The van der Waals surface area contributed by atoms with E-state index in [1.165, 1.54) is 19.1 Å². The quantitative estimate of drug-likeness (QED) is 0.862. The summed E-state index contributed by atoms with van der Waals surface area (Å²) in [5.74, 6) is -0.427. The molecule has 0 unspecified atom stereocenters. The van der Waals surface area contributed by atoms with E-state index in [0.29, 0.717) is 11.3 Å². The molecule has 0 aliphatic rings. The van der Waals surface area contributed by atoms with Crippen molar-refractivity contribution in [1.29, 1.82) is 0 Å². The maximum atomic E-state index is 14.1. The van der Waals surface area contributed by atoms with Crippen LogP contribution in [-0.4, -0.2) is 18.2 Å². The molecule has 0 fully saturated rings. The van der Waals surface area contributed by atoms with Crippen LogP contribution in [0.15, 0.2) is 36.4 Å². The number of hydrogen-bond acceptors (Lipinski definition) is 4. The number of methoxy groups -OCH3 is 1. The van der Waals surface area contributed by atoms with E-state index >= 15 is 0 Å². The van der Waals surface area contributed by atoms with E-state index in [0.717, 1.165) is 5.56 Å². The molecule has 0 atom stereocenters. The fourth-order valence-electron chi connectivity index (χ4n) is 2.07. The zero-order chi connectivity index (χ0) is 16.1. The lowest BCUT2D eigenvalue weighted by Crippen LogP contribution is -2.01. The van der Waals surface area contributed by atoms with Gasteiger partial charge in [0, 0.05) is 18.9 Å². The highest BCUT2D eigenvalue weighted by Crippen LogP contribution is 2.26. The molecule has 0 aliphatic heterocycles. The molecule has 4 nitrogen and oxygen atoms in total. The Morgan fingerprint density at radius 1 is 1.18 bits per heavy atom. The van der Waals surface area contributed by atoms with Crippen molar-refractivity contribution in [2.75, 3.05) is 7.11 Å². The number of halogens is 1. The summed E-state index contributed by atoms with van der Waals surface area (Å²) < 4.78 is 24.0. The summed E-state index contributed by atoms with van der Waals surface area (Å²) in [7, 11) is 1.57. The van der Waals surface area contributed by atoms with Crippen LogP contribution in [0.5, 0.6) is 11.5 Å². The first-order valence-corrected chi connectivity index (χ1v) is 6.76. The lowest BCUT2D eigenvalue weighted by molar-refractivity contribution is -0.142. The molecule has 0 spiro atoms. The van der Waals surface area contributed by atoms with Crippen LogP contribution in [0.1, 0.15) is 23.6 Å². The third kappa shape index (κ3) is 3.97. The fraction of sp³-hybridized carbons (Fsp3) is 0.235. The molecule has 2 aromatic rings. The zero-order valence-corrected chi connectivity index (χ0v) is 12.4. The van der Waals surface area contributed by atoms with Gasteiger partial charge in [0.25, 0.3) is 0 Å². The SMILES string of the molecule is COc1ccc(Cc2c(O)cc(COC(C)=O)cc2F)cc1. The second-order valence-corrected chi connectivity index (χ2v) is 4.88. The van der Waals surface area contributed by atoms with Gasteiger partial charge in [0.15, 0.2) is 0 Å². The van der Waals surface area contributed by atoms with Crippen molar-refractivity contribution >= 4 is 5.97 Å². The van der Waals surface area contributed by atoms with Gasteiger partial charge in [0.1, 0.15) is 23.9 Å². The van der Waals surface area contributed by atoms with E-state index in [1.54, 1.807) is 19.2 Å². The van der Waals surface area contributed by atoms with Gasteiger partial charge in [-0.25, -0.2) is 4.39 Å². The standard InChI is InChI=1S/C17H17FO4/c1-11(19)22-10-13-8-16(18)15(17(20)9-13)7-12-3-5-14(21-2)6-4-12/h3-6,8-9,20H,7,10H2,1-2H3. The lowest BCUT2D eigenvalue weighted by atomic mass is 10.0. The van der Waals surface area contributed by atoms with Crippen LogP contribution in [-0.2, 0) is 22.6 Å². The normalized spacial score (nSPS) is 10.3. The maximum Gasteiger partial charge on any atom is 0.302 e. The van der Waals surface area contributed by atoms with Gasteiger partial charge in [0.05, 0.1) is 7.11 Å². The molecule has 0 saturated carbocycles. The number of esters is 1. The Hall–Kier alpha value is -2.56. The number of ether oxygens (including phenoxy) is 2. The third-order valence-electron chi connectivity index (χ3n) is 3.21. The lowest BCUT2D eigenvalue weighted by Gasteiger charge is -2.10. The van der Waals surface area contributed by atoms with Gasteiger partial charge in [-0.3, -0.25) is 4.79 Å². The molecule has 0 radical (unpaired) electrons. The predicted octanol–water partition coefficient (Wildman–Crippen LogP) is 3.19. The number of phenols is 1. The third-order valence-corrected chi connectivity index (χ3v) is 3.21. The molecule has 22 heavy (non-hydrogen) atoms. The molecule has 0 bridgehead atoms. The van der Waals surface area contributed by atoms with E-state index in [4.69, 9.17) is 9.47 Å². The minimum absolute atomic E-state index is 0.0668. The van der Waals surface area contributed by atoms with Crippen LogP contribution in [0, 0.1) is 5.82 Å². The molecule has 0 heterocycles. The van der Waals surface area contributed by atoms with Crippen LogP contribution in [0.2, 0.25) is 0 Å². The number of rotatable bonds is 5. The first kappa shape index (κ1) is 15.8. The summed E-state index contributed by atoms with van der Waals surface area (Å²) in [6, 6.07) is 9.85. The Morgan fingerprint density at radius 2 is 1.86 bits per heavy atom. The largest absolute Gasteiger partial charge is 0.508 e. The summed E-state index contributed by atoms with van der Waals surface area (Å²) in [4.78, 5) is 10.8. The average molecular weight is 304 g/mol. The van der Waals surface area contributed by atoms with Crippen molar-refractivity contribution in [3.8, 4) is 11.5 Å². The van der Waals surface area contributed by atoms with Crippen LogP contribution in [0.25, 0.3) is 0 Å². The Morgan fingerprint density at radius 3 is 2.41 bits per heavy atom. The Bertz CT molecular complexity index is 642. The molecular weight excluding hydrogens is 287 g/mol. The minimum Gasteiger partial charge on any atom is -0.508 e. The molecule has 0 aliphatic carbocycles. The van der Waals surface area contributed by atoms with Crippen LogP contribution < -0.4 is 4.74 Å². The Labute approximate surface area is 128 Å². The summed E-state index contributed by atoms with van der Waals surface area (Å²) in [6.07, 6.45) is 0.259. The highest BCUT2D eigenvalue weighted by molar-refractivity contribution is 5.65. The van der Waals surface area contributed by atoms with Crippen molar-refractivity contribution in [2.24, 2.45) is 0 Å². The van der Waals surface area contributed by atoms with E-state index in [-0.39, 0.29) is 24.3 Å². The fourth-order valence-corrected chi connectivity index (χ4v) is 2.07. The van der Waals surface area contributed by atoms with Crippen molar-refractivity contribution in [2.45, 2.75) is 20.0 Å². The molecule has 0 saturated heterocycles. The monoisotopic (exact) mass is 304 g/mol. The number of hydrogen-bond donors (Lipinski definition) is 1. The molecule has 5 heteroatoms. The topological polar surface area (TPSA) is 55.8 Å². The van der Waals surface area contributed by atoms with Gasteiger partial charge >= 0.3 is 5.97 Å². The molecule has 2 aromatic carbocycles. The van der Waals surface area contributed by atoms with Crippen molar-refractivity contribution in [3.63, 3.8) is 0 Å². The molecule has 1 N–H and O–H groups in total. The molecule has 0 aromatic heterocycles. The summed E-state index contributed by atoms with van der Waals surface area (Å²) in [5.41, 5.74) is 1.46. The Kier molecular flexibility index (Phi) is 4.99. The van der Waals surface area contributed by atoms with Gasteiger partial charge in [-0.15, -0.1) is 0 Å². The zero-order valence-electron chi connectivity index (χ0n) is 12.4. The van der Waals surface area contributed by atoms with Crippen LogP contribution in [0.3, 0.4) is 0 Å². The van der Waals surface area contributed by atoms with Crippen LogP contribution >= 0.6 is 0 Å². The summed E-state index contributed by atoms with van der Waals surface area (Å²) >= 11 is 0. The number of aromatic hydroxyl groups is 1. The maximum absolute atomic E-state index is 14.1.